The van der Waals surface area contributed by atoms with Crippen LogP contribution in [0.25, 0.3) is 16.5 Å². The molecule has 0 radical (unpaired) electrons. The average Bonchev–Trinajstić information content (AvgIpc) is 3.74. The van der Waals surface area contributed by atoms with Gasteiger partial charge in [-0.1, -0.05) is 74.9 Å². The highest BCUT2D eigenvalue weighted by Crippen LogP contribution is 2.71. The number of aliphatic hydroxyl groups is 3. The summed E-state index contributed by atoms with van der Waals surface area (Å²) in [7, 11) is 0. The van der Waals surface area contributed by atoms with Crippen LogP contribution in [0.3, 0.4) is 0 Å². The second-order valence-corrected chi connectivity index (χ2v) is 19.5. The van der Waals surface area contributed by atoms with E-state index in [0.29, 0.717) is 17.9 Å². The lowest BCUT2D eigenvalue weighted by Crippen LogP contribution is -2.62. The number of nitrogens with zero attached hydrogens (tertiary/aromatic N) is 1. The number of benzene rings is 2. The van der Waals surface area contributed by atoms with Gasteiger partial charge in [-0.2, -0.15) is 0 Å². The number of hydrogen-bond acceptors (Lipinski definition) is 5. The second kappa shape index (κ2) is 10.9. The smallest absolute Gasteiger partial charge is 0.192 e. The van der Waals surface area contributed by atoms with Crippen molar-refractivity contribution in [3.63, 3.8) is 0 Å². The summed E-state index contributed by atoms with van der Waals surface area (Å²) < 4.78 is 8.91. The van der Waals surface area contributed by atoms with Crippen molar-refractivity contribution >= 4 is 22.3 Å². The van der Waals surface area contributed by atoms with E-state index in [-0.39, 0.29) is 28.4 Å². The van der Waals surface area contributed by atoms with Crippen molar-refractivity contribution in [1.29, 1.82) is 0 Å². The molecule has 53 heavy (non-hydrogen) atoms. The molecule has 0 spiro atoms. The first-order valence-corrected chi connectivity index (χ1v) is 19.9. The van der Waals surface area contributed by atoms with Crippen molar-refractivity contribution < 1.29 is 24.9 Å². The number of aromatic nitrogens is 1. The van der Waals surface area contributed by atoms with Gasteiger partial charge in [0.2, 0.25) is 0 Å². The van der Waals surface area contributed by atoms with Crippen molar-refractivity contribution in [3.8, 4) is 0 Å². The fourth-order valence-electron chi connectivity index (χ4n) is 13.3. The maximum absolute atomic E-state index is 14.9. The van der Waals surface area contributed by atoms with Crippen molar-refractivity contribution in [2.75, 3.05) is 0 Å². The van der Waals surface area contributed by atoms with Crippen molar-refractivity contribution in [3.05, 3.63) is 99.8 Å². The van der Waals surface area contributed by atoms with Crippen molar-refractivity contribution in [2.45, 2.75) is 135 Å². The molecule has 6 heteroatoms. The monoisotopic (exact) mass is 715 g/mol. The molecule has 3 unspecified atom stereocenters. The van der Waals surface area contributed by atoms with Crippen LogP contribution >= 0.6 is 0 Å². The number of carbonyl (C=O) groups excluding carboxylic acids is 1. The van der Waals surface area contributed by atoms with Gasteiger partial charge in [0, 0.05) is 33.4 Å². The molecular formula is C47H57NO5. The van der Waals surface area contributed by atoms with Gasteiger partial charge in [0.25, 0.3) is 0 Å². The van der Waals surface area contributed by atoms with E-state index in [1.807, 2.05) is 44.2 Å². The fraction of sp³-hybridized carbons (Fsp3) is 0.553. The van der Waals surface area contributed by atoms with Crippen LogP contribution in [0.5, 0.6) is 0 Å². The van der Waals surface area contributed by atoms with Gasteiger partial charge in [-0.3, -0.25) is 4.79 Å². The SMILES string of the molecule is C=C(C)[C@H]1C(=O)c2c3c(cc4c5c(n1c24)[C@@]1(C)C(CC[C@H]2[C@](C)(/C=C/C(O)c4ccc(C)cc4)[C@@H](O)CC[C@@]21C)C5)C1=CC(C)(C)OC(C)(C)C1[C@@H]3O. The number of fused-ring (bicyclic) bond motifs is 11. The molecule has 10 atom stereocenters. The van der Waals surface area contributed by atoms with Gasteiger partial charge >= 0.3 is 0 Å². The molecule has 3 N–H and O–H groups in total. The van der Waals surface area contributed by atoms with Gasteiger partial charge in [-0.15, -0.1) is 0 Å². The van der Waals surface area contributed by atoms with Gasteiger partial charge in [0.15, 0.2) is 5.78 Å². The predicted octanol–water partition coefficient (Wildman–Crippen LogP) is 9.19. The number of aryl methyl sites for hydroxylation is 1. The van der Waals surface area contributed by atoms with E-state index in [9.17, 15) is 20.1 Å². The van der Waals surface area contributed by atoms with Crippen molar-refractivity contribution in [1.82, 2.24) is 4.57 Å². The highest BCUT2D eigenvalue weighted by Gasteiger charge is 2.68. The van der Waals surface area contributed by atoms with Crippen LogP contribution in [0, 0.1) is 35.5 Å². The molecule has 0 saturated heterocycles. The quantitative estimate of drug-likeness (QED) is 0.235. The van der Waals surface area contributed by atoms with Crippen LogP contribution in [0.1, 0.15) is 143 Å². The maximum Gasteiger partial charge on any atom is 0.192 e. The summed E-state index contributed by atoms with van der Waals surface area (Å²) in [4.78, 5) is 14.9. The molecule has 0 bridgehead atoms. The van der Waals surface area contributed by atoms with Crippen LogP contribution in [0.15, 0.2) is 60.7 Å². The summed E-state index contributed by atoms with van der Waals surface area (Å²) in [6.45, 7) is 23.8. The number of carbonyl (C=O) groups is 1. The second-order valence-electron chi connectivity index (χ2n) is 19.5. The number of ketones is 1. The van der Waals surface area contributed by atoms with Crippen LogP contribution in [0.2, 0.25) is 0 Å². The number of Topliss-reactive ketones (excluding diaryl/α,β-unsaturated/α-hetero) is 1. The Balaban J connectivity index is 1.23. The number of hydrogen-bond donors (Lipinski definition) is 3. The third-order valence-electron chi connectivity index (χ3n) is 15.7. The Kier molecular flexibility index (Phi) is 7.30. The predicted molar refractivity (Wildman–Crippen MR) is 210 cm³/mol. The summed E-state index contributed by atoms with van der Waals surface area (Å²) in [5, 5.41) is 36.5. The maximum atomic E-state index is 14.9. The summed E-state index contributed by atoms with van der Waals surface area (Å²) in [6, 6.07) is 9.78. The van der Waals surface area contributed by atoms with Gasteiger partial charge in [-0.05, 0) is 125 Å². The van der Waals surface area contributed by atoms with Gasteiger partial charge < -0.3 is 24.6 Å². The molecule has 2 aliphatic heterocycles. The molecule has 280 valence electrons. The molecule has 9 rings (SSSR count). The lowest BCUT2D eigenvalue weighted by molar-refractivity contribution is -0.145. The minimum Gasteiger partial charge on any atom is -0.392 e. The average molecular weight is 716 g/mol. The molecule has 0 amide bonds. The normalized spacial score (nSPS) is 38.0. The minimum atomic E-state index is -0.852. The molecular weight excluding hydrogens is 659 g/mol. The first-order chi connectivity index (χ1) is 24.8. The number of rotatable bonds is 4. The standard InChI is InChI=1S/C47H57NO5/c1-24(2)38-41(52)36-35-28(31-23-43(4,5)53-44(6,7)37(31)40(35)51)22-29-30-21-27-15-16-33-45(8,19-17-32(49)26-13-11-25(3)12-14-26)34(50)18-20-46(33,9)47(27,10)42(30)48(38)39(29)36/h11-14,17,19,22-23,27,32-34,37-38,40,49-51H,1,15-16,18,20-21H2,2-10H3/b19-17+/t27?,32?,33-,34-,37?,38-,40+,45-,46-,47+/m0/s1. The molecule has 1 aromatic heterocycles. The van der Waals surface area contributed by atoms with Crippen LogP contribution in [0.4, 0.5) is 0 Å². The topological polar surface area (TPSA) is 91.9 Å². The largest absolute Gasteiger partial charge is 0.392 e. The van der Waals surface area contributed by atoms with E-state index >= 15 is 0 Å². The number of allylic oxidation sites excluding steroid dienone is 1. The summed E-state index contributed by atoms with van der Waals surface area (Å²) in [5.74, 6) is 0.313. The van der Waals surface area contributed by atoms with Gasteiger partial charge in [0.05, 0.1) is 40.6 Å². The van der Waals surface area contributed by atoms with E-state index in [4.69, 9.17) is 4.74 Å². The van der Waals surface area contributed by atoms with Crippen LogP contribution < -0.4 is 0 Å². The van der Waals surface area contributed by atoms with Crippen LogP contribution in [-0.2, 0) is 16.6 Å². The zero-order valence-electron chi connectivity index (χ0n) is 33.0. The Labute approximate surface area is 314 Å². The Morgan fingerprint density at radius 2 is 1.74 bits per heavy atom. The minimum absolute atomic E-state index is 0.0370. The highest BCUT2D eigenvalue weighted by molar-refractivity contribution is 6.18. The Hall–Kier alpha value is -3.29. The number of aliphatic hydroxyl groups excluding tert-OH is 3. The first-order valence-electron chi connectivity index (χ1n) is 19.9. The Morgan fingerprint density at radius 1 is 1.04 bits per heavy atom. The Morgan fingerprint density at radius 3 is 2.42 bits per heavy atom. The third kappa shape index (κ3) is 4.38. The highest BCUT2D eigenvalue weighted by atomic mass is 16.5. The van der Waals surface area contributed by atoms with Gasteiger partial charge in [0.1, 0.15) is 6.04 Å². The van der Waals surface area contributed by atoms with E-state index in [1.165, 1.54) is 11.3 Å². The van der Waals surface area contributed by atoms with Gasteiger partial charge in [-0.25, -0.2) is 0 Å². The molecule has 6 nitrogen and oxygen atoms in total. The van der Waals surface area contributed by atoms with Crippen LogP contribution in [-0.4, -0.2) is 43.0 Å². The molecule has 2 fully saturated rings. The number of ether oxygens (including phenoxy) is 1. The van der Waals surface area contributed by atoms with E-state index in [1.54, 1.807) is 0 Å². The van der Waals surface area contributed by atoms with Crippen molar-refractivity contribution in [2.24, 2.45) is 28.6 Å². The molecule has 2 aromatic carbocycles. The van der Waals surface area contributed by atoms with E-state index in [0.717, 1.165) is 70.0 Å². The molecule has 3 heterocycles. The summed E-state index contributed by atoms with van der Waals surface area (Å²) in [6.07, 6.45) is 8.58. The zero-order valence-corrected chi connectivity index (χ0v) is 33.0. The lowest BCUT2D eigenvalue weighted by Gasteiger charge is -2.64. The molecule has 2 saturated carbocycles. The van der Waals surface area contributed by atoms with E-state index < -0.39 is 41.0 Å². The molecule has 6 aliphatic rings. The third-order valence-corrected chi connectivity index (χ3v) is 15.7. The summed E-state index contributed by atoms with van der Waals surface area (Å²) in [5.41, 5.74) is 7.76. The molecule has 4 aliphatic carbocycles. The Bertz CT molecular complexity index is 2180. The first kappa shape index (κ1) is 35.4. The molecule has 3 aromatic rings. The fourth-order valence-corrected chi connectivity index (χ4v) is 13.3. The van der Waals surface area contributed by atoms with E-state index in [2.05, 4.69) is 77.8 Å². The zero-order chi connectivity index (χ0) is 37.9. The summed E-state index contributed by atoms with van der Waals surface area (Å²) >= 11 is 0. The lowest BCUT2D eigenvalue weighted by atomic mass is 9.40.